The van der Waals surface area contributed by atoms with Crippen LogP contribution in [0, 0.1) is 12.3 Å². The van der Waals surface area contributed by atoms with Gasteiger partial charge in [0.05, 0.1) is 0 Å². The summed E-state index contributed by atoms with van der Waals surface area (Å²) in [5.41, 5.74) is 2.31. The van der Waals surface area contributed by atoms with E-state index in [0.29, 0.717) is 0 Å². The Balaban J connectivity index is 1.88. The highest BCUT2D eigenvalue weighted by Crippen LogP contribution is 2.06. The molecule has 1 atom stereocenters. The first kappa shape index (κ1) is 17.1. The van der Waals surface area contributed by atoms with Crippen molar-refractivity contribution in [3.05, 3.63) is 71.3 Å². The van der Waals surface area contributed by atoms with Crippen LogP contribution in [0.3, 0.4) is 0 Å². The Bertz CT molecular complexity index is 732. The van der Waals surface area contributed by atoms with Crippen LogP contribution in [0.25, 0.3) is 0 Å². The second-order valence-electron chi connectivity index (χ2n) is 5.14. The molecule has 0 spiro atoms. The van der Waals surface area contributed by atoms with Gasteiger partial charge in [0.2, 0.25) is 0 Å². The van der Waals surface area contributed by atoms with Crippen molar-refractivity contribution < 1.29 is 19.4 Å². The van der Waals surface area contributed by atoms with Crippen LogP contribution in [0.2, 0.25) is 0 Å². The van der Waals surface area contributed by atoms with Gasteiger partial charge in [-0.1, -0.05) is 48.4 Å². The molecule has 122 valence electrons. The lowest BCUT2D eigenvalue weighted by Crippen LogP contribution is -2.42. The highest BCUT2D eigenvalue weighted by Gasteiger charge is 2.21. The van der Waals surface area contributed by atoms with Gasteiger partial charge >= 0.3 is 12.1 Å². The van der Waals surface area contributed by atoms with Crippen molar-refractivity contribution in [1.82, 2.24) is 5.32 Å². The van der Waals surface area contributed by atoms with E-state index in [1.54, 1.807) is 36.4 Å². The molecule has 5 nitrogen and oxygen atoms in total. The molecule has 0 bridgehead atoms. The van der Waals surface area contributed by atoms with Gasteiger partial charge in [-0.05, 0) is 23.3 Å². The number of amides is 1. The predicted octanol–water partition coefficient (Wildman–Crippen LogP) is 2.59. The number of benzene rings is 2. The van der Waals surface area contributed by atoms with Crippen molar-refractivity contribution in [3.8, 4) is 12.3 Å². The van der Waals surface area contributed by atoms with Gasteiger partial charge in [0.15, 0.2) is 0 Å². The Labute approximate surface area is 140 Å². The fourth-order valence-electron chi connectivity index (χ4n) is 2.08. The number of terminal acetylenes is 1. The first-order valence-electron chi connectivity index (χ1n) is 7.34. The molecule has 5 heteroatoms. The normalized spacial score (nSPS) is 11.1. The number of hydrogen-bond donors (Lipinski definition) is 2. The summed E-state index contributed by atoms with van der Waals surface area (Å²) in [6, 6.07) is 15.0. The Hall–Kier alpha value is -3.26. The number of carbonyl (C=O) groups excluding carboxylic acids is 1. The molecule has 2 aromatic rings. The van der Waals surface area contributed by atoms with Crippen LogP contribution in [0.1, 0.15) is 16.7 Å². The summed E-state index contributed by atoms with van der Waals surface area (Å²) in [6.45, 7) is 0.0361. The molecule has 0 fully saturated rings. The van der Waals surface area contributed by atoms with E-state index in [2.05, 4.69) is 11.2 Å². The highest BCUT2D eigenvalue weighted by atomic mass is 16.5. The average Bonchev–Trinajstić information content (AvgIpc) is 2.60. The molecule has 0 saturated carbocycles. The molecule has 24 heavy (non-hydrogen) atoms. The quantitative estimate of drug-likeness (QED) is 0.801. The topological polar surface area (TPSA) is 75.6 Å². The van der Waals surface area contributed by atoms with Crippen LogP contribution in [0.5, 0.6) is 0 Å². The fourth-order valence-corrected chi connectivity index (χ4v) is 2.08. The van der Waals surface area contributed by atoms with Crippen LogP contribution < -0.4 is 5.32 Å². The average molecular weight is 323 g/mol. The number of ether oxygens (including phenoxy) is 1. The van der Waals surface area contributed by atoms with Crippen LogP contribution >= 0.6 is 0 Å². The van der Waals surface area contributed by atoms with E-state index in [0.717, 1.165) is 16.7 Å². The molecule has 0 heterocycles. The van der Waals surface area contributed by atoms with E-state index in [-0.39, 0.29) is 13.0 Å². The lowest BCUT2D eigenvalue weighted by Gasteiger charge is -2.14. The summed E-state index contributed by atoms with van der Waals surface area (Å²) >= 11 is 0. The molecule has 0 aliphatic rings. The molecule has 0 aliphatic carbocycles. The number of nitrogens with one attached hydrogen (secondary N) is 1. The third kappa shape index (κ3) is 5.18. The lowest BCUT2D eigenvalue weighted by molar-refractivity contribution is -0.139. The van der Waals surface area contributed by atoms with Gasteiger partial charge < -0.3 is 15.2 Å². The maximum absolute atomic E-state index is 11.8. The predicted molar refractivity (Wildman–Crippen MR) is 89.3 cm³/mol. The van der Waals surface area contributed by atoms with E-state index in [1.807, 2.05) is 18.2 Å². The molecule has 0 aliphatic heterocycles. The molecule has 2 rings (SSSR count). The van der Waals surface area contributed by atoms with Crippen molar-refractivity contribution in [2.45, 2.75) is 19.1 Å². The van der Waals surface area contributed by atoms with Crippen LogP contribution in [-0.2, 0) is 22.6 Å². The van der Waals surface area contributed by atoms with E-state index >= 15 is 0 Å². The number of carbonyl (C=O) groups is 2. The summed E-state index contributed by atoms with van der Waals surface area (Å²) in [5.74, 6) is 1.38. The molecular formula is C19H17NO4. The van der Waals surface area contributed by atoms with Crippen molar-refractivity contribution in [3.63, 3.8) is 0 Å². The number of alkyl carbamates (subject to hydrolysis) is 1. The molecular weight excluding hydrogens is 306 g/mol. The summed E-state index contributed by atoms with van der Waals surface area (Å²) < 4.78 is 5.05. The van der Waals surface area contributed by atoms with Gasteiger partial charge in [0, 0.05) is 12.0 Å². The summed E-state index contributed by atoms with van der Waals surface area (Å²) in [4.78, 5) is 23.1. The van der Waals surface area contributed by atoms with Crippen LogP contribution in [0.15, 0.2) is 54.6 Å². The number of carboxylic acid groups (broad SMARTS) is 1. The Kier molecular flexibility index (Phi) is 5.98. The maximum atomic E-state index is 11.8. The second-order valence-corrected chi connectivity index (χ2v) is 5.14. The molecule has 0 saturated heterocycles. The zero-order valence-electron chi connectivity index (χ0n) is 12.9. The molecule has 1 amide bonds. The third-order valence-corrected chi connectivity index (χ3v) is 3.36. The lowest BCUT2D eigenvalue weighted by atomic mass is 10.1. The van der Waals surface area contributed by atoms with Gasteiger partial charge in [-0.2, -0.15) is 0 Å². The number of rotatable bonds is 6. The van der Waals surface area contributed by atoms with E-state index in [9.17, 15) is 14.7 Å². The van der Waals surface area contributed by atoms with Crippen LogP contribution in [-0.4, -0.2) is 23.2 Å². The summed E-state index contributed by atoms with van der Waals surface area (Å²) in [6.07, 6.45) is 4.67. The number of hydrogen-bond acceptors (Lipinski definition) is 3. The van der Waals surface area contributed by atoms with E-state index in [1.165, 1.54) is 0 Å². The standard InChI is InChI=1S/C19H17NO4/c1-2-14-8-10-16(11-9-14)13-24-19(23)20-17(18(21)22)12-15-6-4-3-5-7-15/h1,3-11,17H,12-13H2,(H,20,23)(H,21,22)/t17-/m0/s1. The Morgan fingerprint density at radius 3 is 2.33 bits per heavy atom. The Morgan fingerprint density at radius 2 is 1.75 bits per heavy atom. The maximum Gasteiger partial charge on any atom is 0.408 e. The van der Waals surface area contributed by atoms with Crippen molar-refractivity contribution in [2.24, 2.45) is 0 Å². The minimum Gasteiger partial charge on any atom is -0.480 e. The largest absolute Gasteiger partial charge is 0.480 e. The summed E-state index contributed by atoms with van der Waals surface area (Å²) in [5, 5.41) is 11.6. The fraction of sp³-hybridized carbons (Fsp3) is 0.158. The SMILES string of the molecule is C#Cc1ccc(COC(=O)N[C@@H](Cc2ccccc2)C(=O)O)cc1. The number of aliphatic carboxylic acids is 1. The zero-order chi connectivity index (χ0) is 17.4. The van der Waals surface area contributed by atoms with Crippen molar-refractivity contribution >= 4 is 12.1 Å². The van der Waals surface area contributed by atoms with Crippen molar-refractivity contribution in [2.75, 3.05) is 0 Å². The zero-order valence-corrected chi connectivity index (χ0v) is 12.9. The van der Waals surface area contributed by atoms with E-state index < -0.39 is 18.1 Å². The van der Waals surface area contributed by atoms with Gasteiger partial charge in [-0.3, -0.25) is 0 Å². The first-order valence-corrected chi connectivity index (χ1v) is 7.34. The highest BCUT2D eigenvalue weighted by molar-refractivity contribution is 5.80. The van der Waals surface area contributed by atoms with E-state index in [4.69, 9.17) is 11.2 Å². The van der Waals surface area contributed by atoms with Gasteiger partial charge in [-0.25, -0.2) is 9.59 Å². The summed E-state index contributed by atoms with van der Waals surface area (Å²) in [7, 11) is 0. The first-order chi connectivity index (χ1) is 11.6. The smallest absolute Gasteiger partial charge is 0.408 e. The van der Waals surface area contributed by atoms with Crippen molar-refractivity contribution in [1.29, 1.82) is 0 Å². The third-order valence-electron chi connectivity index (χ3n) is 3.36. The van der Waals surface area contributed by atoms with Gasteiger partial charge in [0.1, 0.15) is 12.6 Å². The monoisotopic (exact) mass is 323 g/mol. The number of carboxylic acids is 1. The minimum absolute atomic E-state index is 0.0361. The molecule has 2 aromatic carbocycles. The Morgan fingerprint density at radius 1 is 1.08 bits per heavy atom. The van der Waals surface area contributed by atoms with Gasteiger partial charge in [-0.15, -0.1) is 6.42 Å². The minimum atomic E-state index is -1.12. The molecule has 2 N–H and O–H groups in total. The molecule has 0 aromatic heterocycles. The van der Waals surface area contributed by atoms with Gasteiger partial charge in [0.25, 0.3) is 0 Å². The molecule has 0 unspecified atom stereocenters. The second kappa shape index (κ2) is 8.39. The molecule has 0 radical (unpaired) electrons. The van der Waals surface area contributed by atoms with Crippen LogP contribution in [0.4, 0.5) is 4.79 Å².